The summed E-state index contributed by atoms with van der Waals surface area (Å²) in [5, 5.41) is 15.5. The van der Waals surface area contributed by atoms with Crippen molar-refractivity contribution < 1.29 is 0 Å². The van der Waals surface area contributed by atoms with Crippen molar-refractivity contribution in [1.29, 1.82) is 0 Å². The van der Waals surface area contributed by atoms with E-state index in [2.05, 4.69) is 344 Å². The Kier molecular flexibility index (Phi) is 16.3. The summed E-state index contributed by atoms with van der Waals surface area (Å²) in [6.45, 7) is 0. The van der Waals surface area contributed by atoms with Crippen LogP contribution >= 0.6 is 0 Å². The highest BCUT2D eigenvalue weighted by atomic mass is 14.8. The summed E-state index contributed by atoms with van der Waals surface area (Å²) in [5.41, 5.74) is 27.5. The van der Waals surface area contributed by atoms with Crippen LogP contribution in [0.3, 0.4) is 0 Å². The van der Waals surface area contributed by atoms with Gasteiger partial charge in [0.2, 0.25) is 0 Å². The molecule has 0 amide bonds. The van der Waals surface area contributed by atoms with Gasteiger partial charge in [0.05, 0.1) is 89.7 Å². The van der Waals surface area contributed by atoms with E-state index in [0.717, 1.165) is 221 Å². The van der Waals surface area contributed by atoms with Gasteiger partial charge in [-0.05, 0) is 123 Å². The lowest BCUT2D eigenvalue weighted by molar-refractivity contribution is 1.33. The number of rotatable bonds is 10. The second-order valence-corrected chi connectivity index (χ2v) is 29.5. The van der Waals surface area contributed by atoms with E-state index in [4.69, 9.17) is 39.9 Å². The first kappa shape index (κ1) is 67.1. The maximum atomic E-state index is 5.21. The minimum atomic E-state index is 0.901. The highest BCUT2D eigenvalue weighted by Gasteiger charge is 2.17. The van der Waals surface area contributed by atoms with E-state index in [0.29, 0.717) is 0 Å². The van der Waals surface area contributed by atoms with Crippen LogP contribution in [0.25, 0.3) is 232 Å². The number of aromatic nitrogens is 10. The monoisotopic (exact) mass is 1480 g/mol. The van der Waals surface area contributed by atoms with Gasteiger partial charge < -0.3 is 0 Å². The Labute approximate surface area is 666 Å². The largest absolute Gasteiger partial charge is 0.263 e. The van der Waals surface area contributed by atoms with Gasteiger partial charge in [-0.2, -0.15) is 0 Å². The lowest BCUT2D eigenvalue weighted by atomic mass is 10.00. The number of hydrogen-bond donors (Lipinski definition) is 0. The van der Waals surface area contributed by atoms with Crippen molar-refractivity contribution in [3.63, 3.8) is 0 Å². The summed E-state index contributed by atoms with van der Waals surface area (Å²) in [7, 11) is 0. The van der Waals surface area contributed by atoms with Gasteiger partial charge in [-0.15, -0.1) is 0 Å². The SMILES string of the molecule is c1ccc(-c2ccc3ccc4ccc(-c5ccc(-c6ccc7ccc(-c8ccc9ccc(-c%10cncc%11ccccc%10%11)nc9c8)nc7c6)cc5)nc4c3n2)cc1.c1ccc2cc(-c3ccc4ccc5ccc(-c6ccc(-c7ccc8ccc(-c9ccc%10ccc(-c%11cncc%12ccccc%11%12)nc%10c9)nc8c7)cc6)nc5c4n3)ccc2c1. The molecule has 0 aliphatic carbocycles. The zero-order chi connectivity index (χ0) is 76.6. The van der Waals surface area contributed by atoms with E-state index in [1.807, 2.05) is 55.1 Å². The van der Waals surface area contributed by atoms with Gasteiger partial charge >= 0.3 is 0 Å². The molecule has 23 rings (SSSR count). The molecule has 23 aromatic rings. The molecule has 0 fully saturated rings. The molecule has 10 heterocycles. The standard InChI is InChI=1S/C55H33N5.C51H31N5/c1-2-6-41-29-43(19-11-34(41)5-1)50-27-24-40-17-16-39-23-26-48(59-54(39)55(40)60-50)36-12-9-35(10-13-36)42-18-14-37-21-25-49(57-52(37)30-42)44-20-15-38-22-28-51(58-53(38)31-44)47-33-56-32-45-7-3-4-8-46(45)47;1-2-6-33(7-3-1)44-25-22-37-16-17-38-23-26-45(56-51(38)50(37)55-44)34-12-10-32(11-13-34)39-18-14-35-20-24-46(53-48(35)28-39)40-19-15-36-21-27-47(54-49(36)29-40)43-31-52-30-41-8-4-5-9-42(41)43/h1-33H;1-31H. The number of benzene rings is 13. The van der Waals surface area contributed by atoms with Crippen molar-refractivity contribution in [2.45, 2.75) is 0 Å². The van der Waals surface area contributed by atoms with E-state index in [1.54, 1.807) is 0 Å². The summed E-state index contributed by atoms with van der Waals surface area (Å²) in [4.78, 5) is 50.1. The predicted molar refractivity (Wildman–Crippen MR) is 478 cm³/mol. The van der Waals surface area contributed by atoms with E-state index < -0.39 is 0 Å². The van der Waals surface area contributed by atoms with Crippen LogP contribution in [0.5, 0.6) is 0 Å². The molecule has 0 aliphatic rings. The first-order chi connectivity index (χ1) is 57.4. The molecular weight excluding hydrogens is 1410 g/mol. The number of fused-ring (bicyclic) bond motifs is 13. The Morgan fingerprint density at radius 1 is 0.138 bits per heavy atom. The smallest absolute Gasteiger partial charge is 0.0972 e. The molecule has 0 bridgehead atoms. The van der Waals surface area contributed by atoms with Crippen molar-refractivity contribution in [2.24, 2.45) is 0 Å². The highest BCUT2D eigenvalue weighted by molar-refractivity contribution is 6.07. The maximum absolute atomic E-state index is 5.21. The third-order valence-electron chi connectivity index (χ3n) is 22.4. The van der Waals surface area contributed by atoms with Crippen LogP contribution < -0.4 is 0 Å². The Balaban J connectivity index is 0.000000141. The molecule has 0 saturated carbocycles. The van der Waals surface area contributed by atoms with Crippen LogP contribution in [0.1, 0.15) is 0 Å². The molecule has 0 spiro atoms. The fraction of sp³-hybridized carbons (Fsp3) is 0. The predicted octanol–water partition coefficient (Wildman–Crippen LogP) is 26.7. The fourth-order valence-corrected chi connectivity index (χ4v) is 16.2. The molecule has 0 aliphatic heterocycles. The molecule has 10 aromatic heterocycles. The Bertz CT molecular complexity index is 7900. The zero-order valence-electron chi connectivity index (χ0n) is 62.4. The third kappa shape index (κ3) is 12.5. The molecule has 13 aromatic carbocycles. The van der Waals surface area contributed by atoms with Crippen LogP contribution in [-0.4, -0.2) is 49.8 Å². The van der Waals surface area contributed by atoms with Gasteiger partial charge in [-0.3, -0.25) is 9.97 Å². The highest BCUT2D eigenvalue weighted by Crippen LogP contribution is 2.38. The topological polar surface area (TPSA) is 129 Å². The summed E-state index contributed by atoms with van der Waals surface area (Å²) in [6, 6.07) is 127. The van der Waals surface area contributed by atoms with Gasteiger partial charge in [0.1, 0.15) is 0 Å². The lowest BCUT2D eigenvalue weighted by Crippen LogP contribution is -1.91. The molecule has 10 nitrogen and oxygen atoms in total. The summed E-state index contributed by atoms with van der Waals surface area (Å²) in [5.74, 6) is 0. The minimum absolute atomic E-state index is 0.901. The maximum Gasteiger partial charge on any atom is 0.0972 e. The average Bonchev–Trinajstić information content (AvgIpc) is 0.773. The van der Waals surface area contributed by atoms with Crippen molar-refractivity contribution in [3.05, 3.63) is 389 Å². The van der Waals surface area contributed by atoms with Crippen molar-refractivity contribution in [1.82, 2.24) is 49.8 Å². The minimum Gasteiger partial charge on any atom is -0.263 e. The second kappa shape index (κ2) is 28.2. The molecule has 116 heavy (non-hydrogen) atoms. The molecular formula is C106H64N10. The van der Waals surface area contributed by atoms with Crippen molar-refractivity contribution in [2.75, 3.05) is 0 Å². The Hall–Kier alpha value is -15.8. The molecule has 0 atom stereocenters. The van der Waals surface area contributed by atoms with Gasteiger partial charge in [-0.25, -0.2) is 39.9 Å². The molecule has 0 radical (unpaired) electrons. The van der Waals surface area contributed by atoms with Crippen LogP contribution in [0.15, 0.2) is 389 Å². The quantitative estimate of drug-likeness (QED) is 0.122. The normalized spacial score (nSPS) is 11.6. The van der Waals surface area contributed by atoms with Crippen molar-refractivity contribution in [3.8, 4) is 112 Å². The molecule has 0 saturated heterocycles. The van der Waals surface area contributed by atoms with E-state index in [9.17, 15) is 0 Å². The fourth-order valence-electron chi connectivity index (χ4n) is 16.2. The van der Waals surface area contributed by atoms with Crippen LogP contribution in [-0.2, 0) is 0 Å². The summed E-state index contributed by atoms with van der Waals surface area (Å²) >= 11 is 0. The summed E-state index contributed by atoms with van der Waals surface area (Å²) in [6.07, 6.45) is 7.60. The number of hydrogen-bond acceptors (Lipinski definition) is 10. The first-order valence-electron chi connectivity index (χ1n) is 38.8. The van der Waals surface area contributed by atoms with Crippen LogP contribution in [0.2, 0.25) is 0 Å². The number of nitrogens with zero attached hydrogens (tertiary/aromatic N) is 10. The van der Waals surface area contributed by atoms with E-state index in [1.165, 1.54) is 10.8 Å². The van der Waals surface area contributed by atoms with E-state index in [-0.39, 0.29) is 0 Å². The summed E-state index contributed by atoms with van der Waals surface area (Å²) < 4.78 is 0. The van der Waals surface area contributed by atoms with Gasteiger partial charge in [-0.1, -0.05) is 285 Å². The molecule has 0 unspecified atom stereocenters. The van der Waals surface area contributed by atoms with Crippen LogP contribution in [0.4, 0.5) is 0 Å². The Morgan fingerprint density at radius 3 is 0.810 bits per heavy atom. The van der Waals surface area contributed by atoms with Crippen molar-refractivity contribution >= 4 is 120 Å². The van der Waals surface area contributed by atoms with Gasteiger partial charge in [0.15, 0.2) is 0 Å². The molecule has 538 valence electrons. The molecule has 0 N–H and O–H groups in total. The van der Waals surface area contributed by atoms with Crippen LogP contribution in [0, 0.1) is 0 Å². The Morgan fingerprint density at radius 2 is 0.397 bits per heavy atom. The lowest BCUT2D eigenvalue weighted by Gasteiger charge is -2.10. The zero-order valence-corrected chi connectivity index (χ0v) is 62.4. The number of pyridine rings is 10. The second-order valence-electron chi connectivity index (χ2n) is 29.5. The van der Waals surface area contributed by atoms with Gasteiger partial charge in [0, 0.05) is 123 Å². The first-order valence-corrected chi connectivity index (χ1v) is 38.8. The van der Waals surface area contributed by atoms with Gasteiger partial charge in [0.25, 0.3) is 0 Å². The average molecular weight is 1480 g/mol. The van der Waals surface area contributed by atoms with E-state index >= 15 is 0 Å². The molecule has 10 heteroatoms. The third-order valence-corrected chi connectivity index (χ3v) is 22.4.